The van der Waals surface area contributed by atoms with Gasteiger partial charge in [-0.2, -0.15) is 5.10 Å². The number of aromatic nitrogens is 2. The van der Waals surface area contributed by atoms with Gasteiger partial charge in [0, 0.05) is 19.6 Å². The number of benzene rings is 1. The van der Waals surface area contributed by atoms with E-state index < -0.39 is 18.1 Å². The predicted molar refractivity (Wildman–Crippen MR) is 156 cm³/mol. The molecule has 0 spiro atoms. The van der Waals surface area contributed by atoms with Crippen LogP contribution in [0.1, 0.15) is 69.8 Å². The van der Waals surface area contributed by atoms with E-state index in [4.69, 9.17) is 9.47 Å². The molecular formula is C30H47N5O5. The van der Waals surface area contributed by atoms with Crippen LogP contribution in [0.25, 0.3) is 11.3 Å². The molecule has 1 aromatic carbocycles. The molecule has 10 nitrogen and oxygen atoms in total. The van der Waals surface area contributed by atoms with Gasteiger partial charge in [-0.25, -0.2) is 0 Å². The van der Waals surface area contributed by atoms with Gasteiger partial charge in [0.05, 0.1) is 31.6 Å². The molecule has 40 heavy (non-hydrogen) atoms. The third-order valence-electron chi connectivity index (χ3n) is 7.29. The SMILES string of the molecule is CCC(O)CCNC(=O)[C@H](CCN1CCCCC1)NC(=O)c1cc(-c2c(OC)cccc2OC)n(CC(C)C)n1. The van der Waals surface area contributed by atoms with Crippen LogP contribution in [0, 0.1) is 5.92 Å². The molecule has 1 aliphatic heterocycles. The fraction of sp³-hybridized carbons (Fsp3) is 0.633. The summed E-state index contributed by atoms with van der Waals surface area (Å²) in [5, 5.41) is 20.4. The first-order valence-electron chi connectivity index (χ1n) is 14.6. The number of aliphatic hydroxyl groups excluding tert-OH is 1. The van der Waals surface area contributed by atoms with E-state index in [1.54, 1.807) is 25.0 Å². The normalized spacial score (nSPS) is 15.5. The van der Waals surface area contributed by atoms with E-state index in [-0.39, 0.29) is 17.5 Å². The lowest BCUT2D eigenvalue weighted by molar-refractivity contribution is -0.123. The molecule has 0 bridgehead atoms. The van der Waals surface area contributed by atoms with Crippen LogP contribution in [-0.2, 0) is 11.3 Å². The fourth-order valence-electron chi connectivity index (χ4n) is 5.00. The molecule has 10 heteroatoms. The van der Waals surface area contributed by atoms with Crippen molar-refractivity contribution >= 4 is 11.8 Å². The van der Waals surface area contributed by atoms with Crippen LogP contribution in [0.15, 0.2) is 24.3 Å². The first-order valence-corrected chi connectivity index (χ1v) is 14.6. The number of likely N-dealkylation sites (tertiary alicyclic amines) is 1. The Hall–Kier alpha value is -3.11. The fourth-order valence-corrected chi connectivity index (χ4v) is 5.00. The highest BCUT2D eigenvalue weighted by atomic mass is 16.5. The molecule has 2 aromatic rings. The van der Waals surface area contributed by atoms with Gasteiger partial charge in [-0.1, -0.05) is 33.3 Å². The molecule has 0 saturated carbocycles. The first kappa shape index (κ1) is 31.4. The zero-order valence-electron chi connectivity index (χ0n) is 24.7. The smallest absolute Gasteiger partial charge is 0.272 e. The summed E-state index contributed by atoms with van der Waals surface area (Å²) in [7, 11) is 3.19. The van der Waals surface area contributed by atoms with Crippen LogP contribution < -0.4 is 20.1 Å². The molecule has 3 N–H and O–H groups in total. The van der Waals surface area contributed by atoms with Crippen molar-refractivity contribution in [2.24, 2.45) is 5.92 Å². The quantitative estimate of drug-likeness (QED) is 0.307. The van der Waals surface area contributed by atoms with Crippen LogP contribution in [-0.4, -0.2) is 84.1 Å². The van der Waals surface area contributed by atoms with Gasteiger partial charge in [-0.15, -0.1) is 0 Å². The summed E-state index contributed by atoms with van der Waals surface area (Å²) in [5.74, 6) is 0.845. The van der Waals surface area contributed by atoms with E-state index >= 15 is 0 Å². The Bertz CT molecular complexity index is 1070. The van der Waals surface area contributed by atoms with Crippen LogP contribution in [0.2, 0.25) is 0 Å². The number of hydrogen-bond donors (Lipinski definition) is 3. The van der Waals surface area contributed by atoms with Crippen LogP contribution in [0.5, 0.6) is 11.5 Å². The molecule has 1 aliphatic rings. The Morgan fingerprint density at radius 2 is 1.75 bits per heavy atom. The van der Waals surface area contributed by atoms with Gasteiger partial charge in [0.15, 0.2) is 5.69 Å². The van der Waals surface area contributed by atoms with Crippen molar-refractivity contribution in [1.29, 1.82) is 0 Å². The molecule has 3 rings (SSSR count). The number of rotatable bonds is 15. The number of piperidine rings is 1. The van der Waals surface area contributed by atoms with Crippen molar-refractivity contribution in [2.75, 3.05) is 40.4 Å². The Labute approximate surface area is 238 Å². The Morgan fingerprint density at radius 3 is 2.35 bits per heavy atom. The third kappa shape index (κ3) is 8.69. The van der Waals surface area contributed by atoms with Gasteiger partial charge >= 0.3 is 0 Å². The summed E-state index contributed by atoms with van der Waals surface area (Å²) in [6, 6.07) is 6.56. The number of hydrogen-bond acceptors (Lipinski definition) is 7. The maximum Gasteiger partial charge on any atom is 0.272 e. The van der Waals surface area contributed by atoms with E-state index in [0.717, 1.165) is 32.5 Å². The molecule has 1 aromatic heterocycles. The second-order valence-electron chi connectivity index (χ2n) is 10.9. The molecule has 2 heterocycles. The number of carbonyl (C=O) groups excluding carboxylic acids is 2. The lowest BCUT2D eigenvalue weighted by atomic mass is 10.1. The summed E-state index contributed by atoms with van der Waals surface area (Å²) in [6.07, 6.45) is 4.67. The predicted octanol–water partition coefficient (Wildman–Crippen LogP) is 3.47. The van der Waals surface area contributed by atoms with Crippen molar-refractivity contribution in [2.45, 2.75) is 78.0 Å². The van der Waals surface area contributed by atoms with Crippen molar-refractivity contribution in [3.8, 4) is 22.8 Å². The average molecular weight is 558 g/mol. The number of carbonyl (C=O) groups is 2. The number of nitrogens with one attached hydrogen (secondary N) is 2. The maximum atomic E-state index is 13.5. The van der Waals surface area contributed by atoms with Gasteiger partial charge < -0.3 is 30.1 Å². The zero-order chi connectivity index (χ0) is 29.1. The number of aliphatic hydroxyl groups is 1. The minimum atomic E-state index is -0.715. The summed E-state index contributed by atoms with van der Waals surface area (Å²) in [5.41, 5.74) is 1.64. The monoisotopic (exact) mass is 557 g/mol. The standard InChI is InChI=1S/C30H47N5O5/c1-6-22(36)13-15-31-29(37)23(14-18-34-16-8-7-9-17-34)32-30(38)24-19-25(35(33-24)20-21(2)3)28-26(39-4)11-10-12-27(28)40-5/h10-12,19,21-23,36H,6-9,13-18,20H2,1-5H3,(H,31,37)(H,32,38)/t22?,23-/m0/s1. The minimum Gasteiger partial charge on any atom is -0.496 e. The molecule has 222 valence electrons. The lowest BCUT2D eigenvalue weighted by Gasteiger charge is -2.28. The second kappa shape index (κ2) is 15.6. The van der Waals surface area contributed by atoms with Crippen molar-refractivity contribution in [3.63, 3.8) is 0 Å². The van der Waals surface area contributed by atoms with Crippen molar-refractivity contribution < 1.29 is 24.2 Å². The molecule has 0 radical (unpaired) electrons. The Morgan fingerprint density at radius 1 is 1.07 bits per heavy atom. The van der Waals surface area contributed by atoms with Crippen LogP contribution >= 0.6 is 0 Å². The molecule has 0 aliphatic carbocycles. The van der Waals surface area contributed by atoms with E-state index in [2.05, 4.69) is 34.5 Å². The Balaban J connectivity index is 1.85. The highest BCUT2D eigenvalue weighted by molar-refractivity contribution is 5.97. The first-order chi connectivity index (χ1) is 19.3. The number of methoxy groups -OCH3 is 2. The molecule has 1 saturated heterocycles. The minimum absolute atomic E-state index is 0.223. The van der Waals surface area contributed by atoms with E-state index in [9.17, 15) is 14.7 Å². The number of amides is 2. The largest absolute Gasteiger partial charge is 0.496 e. The molecule has 2 atom stereocenters. The van der Waals surface area contributed by atoms with E-state index in [0.29, 0.717) is 55.1 Å². The highest BCUT2D eigenvalue weighted by Gasteiger charge is 2.26. The van der Waals surface area contributed by atoms with E-state index in [1.807, 2.05) is 25.1 Å². The summed E-state index contributed by atoms with van der Waals surface area (Å²) in [6.45, 7) is 9.75. The Kier molecular flexibility index (Phi) is 12.3. The summed E-state index contributed by atoms with van der Waals surface area (Å²) in [4.78, 5) is 29.1. The van der Waals surface area contributed by atoms with Crippen LogP contribution in [0.4, 0.5) is 0 Å². The highest BCUT2D eigenvalue weighted by Crippen LogP contribution is 2.38. The van der Waals surface area contributed by atoms with Gasteiger partial charge in [0.2, 0.25) is 5.91 Å². The van der Waals surface area contributed by atoms with Crippen molar-refractivity contribution in [3.05, 3.63) is 30.0 Å². The summed E-state index contributed by atoms with van der Waals surface area (Å²) >= 11 is 0. The van der Waals surface area contributed by atoms with Gasteiger partial charge in [-0.05, 0) is 69.3 Å². The average Bonchev–Trinajstić information content (AvgIpc) is 3.37. The van der Waals surface area contributed by atoms with Crippen LogP contribution in [0.3, 0.4) is 0 Å². The van der Waals surface area contributed by atoms with E-state index in [1.165, 1.54) is 6.42 Å². The number of nitrogens with zero attached hydrogens (tertiary/aromatic N) is 3. The van der Waals surface area contributed by atoms with Crippen molar-refractivity contribution in [1.82, 2.24) is 25.3 Å². The maximum absolute atomic E-state index is 13.5. The molecular weight excluding hydrogens is 510 g/mol. The number of ether oxygens (including phenoxy) is 2. The van der Waals surface area contributed by atoms with Gasteiger partial charge in [0.1, 0.15) is 17.5 Å². The molecule has 1 fully saturated rings. The lowest BCUT2D eigenvalue weighted by Crippen LogP contribution is -2.49. The summed E-state index contributed by atoms with van der Waals surface area (Å²) < 4.78 is 13.0. The molecule has 2 amide bonds. The van der Waals surface area contributed by atoms with Gasteiger partial charge in [0.25, 0.3) is 5.91 Å². The second-order valence-corrected chi connectivity index (χ2v) is 10.9. The zero-order valence-corrected chi connectivity index (χ0v) is 24.7. The molecule has 1 unspecified atom stereocenters. The third-order valence-corrected chi connectivity index (χ3v) is 7.29. The van der Waals surface area contributed by atoms with Gasteiger partial charge in [-0.3, -0.25) is 14.3 Å². The topological polar surface area (TPSA) is 118 Å².